The molecule has 7 heteroatoms. The van der Waals surface area contributed by atoms with Gasteiger partial charge in [-0.15, -0.1) is 0 Å². The molecular formula is C12H19N3O3S. The third-order valence-electron chi connectivity index (χ3n) is 2.76. The van der Waals surface area contributed by atoms with Gasteiger partial charge in [-0.1, -0.05) is 19.1 Å². The third-order valence-corrected chi connectivity index (χ3v) is 4.16. The summed E-state index contributed by atoms with van der Waals surface area (Å²) in [4.78, 5) is 10.8. The van der Waals surface area contributed by atoms with Crippen LogP contribution in [0.15, 0.2) is 29.2 Å². The number of hydrogen-bond donors (Lipinski definition) is 3. The van der Waals surface area contributed by atoms with Crippen LogP contribution in [0.5, 0.6) is 0 Å². The van der Waals surface area contributed by atoms with Gasteiger partial charge in [0.15, 0.2) is 0 Å². The number of benzene rings is 1. The normalized spacial score (nSPS) is 13.2. The molecule has 1 aromatic carbocycles. The molecule has 0 fully saturated rings. The molecule has 0 aromatic heterocycles. The number of carbonyl (C=O) groups excluding carboxylic acids is 1. The predicted octanol–water partition coefficient (Wildman–Crippen LogP) is 0.121. The van der Waals surface area contributed by atoms with Crippen molar-refractivity contribution >= 4 is 15.9 Å². The number of amides is 1. The number of carbonyl (C=O) groups is 1. The van der Waals surface area contributed by atoms with Crippen LogP contribution in [0.25, 0.3) is 0 Å². The number of sulfonamides is 1. The maximum absolute atomic E-state index is 11.9. The zero-order chi connectivity index (χ0) is 14.5. The van der Waals surface area contributed by atoms with Crippen molar-refractivity contribution < 1.29 is 13.2 Å². The highest BCUT2D eigenvalue weighted by Gasteiger charge is 2.16. The summed E-state index contributed by atoms with van der Waals surface area (Å²) < 4.78 is 26.1. The molecule has 1 unspecified atom stereocenters. The number of primary amides is 1. The van der Waals surface area contributed by atoms with E-state index in [2.05, 4.69) is 10.0 Å². The second-order valence-corrected chi connectivity index (χ2v) is 5.88. The Morgan fingerprint density at radius 1 is 1.42 bits per heavy atom. The van der Waals surface area contributed by atoms with Crippen molar-refractivity contribution in [3.8, 4) is 0 Å². The summed E-state index contributed by atoms with van der Waals surface area (Å²) in [5.41, 5.74) is 5.80. The average Bonchev–Trinajstić information content (AvgIpc) is 2.38. The van der Waals surface area contributed by atoms with Gasteiger partial charge >= 0.3 is 0 Å². The zero-order valence-corrected chi connectivity index (χ0v) is 11.8. The molecule has 1 aromatic rings. The van der Waals surface area contributed by atoms with Crippen molar-refractivity contribution in [2.24, 2.45) is 5.73 Å². The van der Waals surface area contributed by atoms with Gasteiger partial charge in [0.25, 0.3) is 0 Å². The van der Waals surface area contributed by atoms with E-state index >= 15 is 0 Å². The van der Waals surface area contributed by atoms with Crippen molar-refractivity contribution in [2.45, 2.75) is 24.3 Å². The van der Waals surface area contributed by atoms with Crippen LogP contribution in [0.1, 0.15) is 24.9 Å². The Hall–Kier alpha value is -1.44. The van der Waals surface area contributed by atoms with E-state index in [9.17, 15) is 13.2 Å². The van der Waals surface area contributed by atoms with Gasteiger partial charge in [0, 0.05) is 6.04 Å². The number of nitrogens with one attached hydrogen (secondary N) is 2. The quantitative estimate of drug-likeness (QED) is 0.662. The molecule has 0 saturated heterocycles. The molecule has 0 saturated carbocycles. The largest absolute Gasteiger partial charge is 0.369 e. The molecule has 4 N–H and O–H groups in total. The summed E-state index contributed by atoms with van der Waals surface area (Å²) >= 11 is 0. The minimum absolute atomic E-state index is 0.0892. The van der Waals surface area contributed by atoms with Crippen LogP contribution in [0, 0.1) is 0 Å². The van der Waals surface area contributed by atoms with Crippen LogP contribution >= 0.6 is 0 Å². The first kappa shape index (κ1) is 15.6. The standard InChI is InChI=1S/C12H19N3O3S/c1-3-11(14-2)9-5-4-6-10(7-9)19(17,18)15-8-12(13)16/h4-7,11,14-15H,3,8H2,1-2H3,(H2,13,16). The molecule has 6 nitrogen and oxygen atoms in total. The second-order valence-electron chi connectivity index (χ2n) is 4.11. The summed E-state index contributed by atoms with van der Waals surface area (Å²) in [5, 5.41) is 3.11. The van der Waals surface area contributed by atoms with E-state index in [0.717, 1.165) is 12.0 Å². The Morgan fingerprint density at radius 2 is 2.11 bits per heavy atom. The zero-order valence-electron chi connectivity index (χ0n) is 11.0. The van der Waals surface area contributed by atoms with Crippen molar-refractivity contribution in [1.29, 1.82) is 0 Å². The second kappa shape index (κ2) is 6.65. The van der Waals surface area contributed by atoms with Gasteiger partial charge in [0.2, 0.25) is 15.9 Å². The smallest absolute Gasteiger partial charge is 0.241 e. The van der Waals surface area contributed by atoms with E-state index < -0.39 is 22.5 Å². The molecule has 0 aliphatic rings. The maximum Gasteiger partial charge on any atom is 0.241 e. The summed E-state index contributed by atoms with van der Waals surface area (Å²) in [5.74, 6) is -0.721. The van der Waals surface area contributed by atoms with E-state index in [1.54, 1.807) is 12.1 Å². The number of nitrogens with two attached hydrogens (primary N) is 1. The van der Waals surface area contributed by atoms with Gasteiger partial charge < -0.3 is 11.1 Å². The predicted molar refractivity (Wildman–Crippen MR) is 72.9 cm³/mol. The molecule has 1 amide bonds. The van der Waals surface area contributed by atoms with Gasteiger partial charge in [0.05, 0.1) is 11.4 Å². The van der Waals surface area contributed by atoms with Gasteiger partial charge in [-0.05, 0) is 31.2 Å². The highest BCUT2D eigenvalue weighted by molar-refractivity contribution is 7.89. The topological polar surface area (TPSA) is 101 Å². The molecule has 1 rings (SSSR count). The SMILES string of the molecule is CCC(NC)c1cccc(S(=O)(=O)NCC(N)=O)c1. The van der Waals surface area contributed by atoms with Crippen LogP contribution in [0.2, 0.25) is 0 Å². The molecule has 0 aliphatic carbocycles. The summed E-state index contributed by atoms with van der Waals surface area (Å²) in [7, 11) is -1.89. The molecule has 0 aliphatic heterocycles. The monoisotopic (exact) mass is 285 g/mol. The fourth-order valence-electron chi connectivity index (χ4n) is 1.75. The molecule has 0 bridgehead atoms. The maximum atomic E-state index is 11.9. The van der Waals surface area contributed by atoms with Crippen LogP contribution < -0.4 is 15.8 Å². The lowest BCUT2D eigenvalue weighted by atomic mass is 10.1. The van der Waals surface area contributed by atoms with Crippen LogP contribution in [-0.2, 0) is 14.8 Å². The fraction of sp³-hybridized carbons (Fsp3) is 0.417. The molecule has 19 heavy (non-hydrogen) atoms. The van der Waals surface area contributed by atoms with Crippen molar-refractivity contribution in [1.82, 2.24) is 10.0 Å². The van der Waals surface area contributed by atoms with Crippen molar-refractivity contribution in [3.05, 3.63) is 29.8 Å². The van der Waals surface area contributed by atoms with Crippen LogP contribution in [0.3, 0.4) is 0 Å². The third kappa shape index (κ3) is 4.30. The Morgan fingerprint density at radius 3 is 2.63 bits per heavy atom. The lowest BCUT2D eigenvalue weighted by Gasteiger charge is -2.15. The molecule has 1 atom stereocenters. The number of hydrogen-bond acceptors (Lipinski definition) is 4. The Balaban J connectivity index is 3.01. The van der Waals surface area contributed by atoms with E-state index in [1.807, 2.05) is 20.0 Å². The number of rotatable bonds is 7. The first-order valence-corrected chi connectivity index (χ1v) is 7.44. The average molecular weight is 285 g/mol. The minimum atomic E-state index is -3.71. The van der Waals surface area contributed by atoms with Gasteiger partial charge in [0.1, 0.15) is 0 Å². The van der Waals surface area contributed by atoms with E-state index in [0.29, 0.717) is 0 Å². The molecular weight excluding hydrogens is 266 g/mol. The van der Waals surface area contributed by atoms with Crippen molar-refractivity contribution in [3.63, 3.8) is 0 Å². The first-order chi connectivity index (χ1) is 8.90. The lowest BCUT2D eigenvalue weighted by molar-refractivity contribution is -0.116. The van der Waals surface area contributed by atoms with E-state index in [-0.39, 0.29) is 10.9 Å². The lowest BCUT2D eigenvalue weighted by Crippen LogP contribution is -2.33. The Labute approximate surface area is 113 Å². The Bertz CT molecular complexity index is 539. The molecule has 106 valence electrons. The Kier molecular flexibility index (Phi) is 5.46. The van der Waals surface area contributed by atoms with E-state index in [1.165, 1.54) is 6.07 Å². The van der Waals surface area contributed by atoms with Crippen molar-refractivity contribution in [2.75, 3.05) is 13.6 Å². The highest BCUT2D eigenvalue weighted by Crippen LogP contribution is 2.19. The molecule has 0 spiro atoms. The van der Waals surface area contributed by atoms with Gasteiger partial charge in [-0.25, -0.2) is 13.1 Å². The molecule has 0 heterocycles. The fourth-order valence-corrected chi connectivity index (χ4v) is 2.80. The molecule has 0 radical (unpaired) electrons. The van der Waals surface area contributed by atoms with Gasteiger partial charge in [-0.3, -0.25) is 4.79 Å². The first-order valence-electron chi connectivity index (χ1n) is 5.96. The summed E-state index contributed by atoms with van der Waals surface area (Å²) in [6.07, 6.45) is 0.842. The minimum Gasteiger partial charge on any atom is -0.369 e. The summed E-state index contributed by atoms with van der Waals surface area (Å²) in [6, 6.07) is 6.70. The van der Waals surface area contributed by atoms with E-state index in [4.69, 9.17) is 5.73 Å². The summed E-state index contributed by atoms with van der Waals surface area (Å²) in [6.45, 7) is 1.60. The highest BCUT2D eigenvalue weighted by atomic mass is 32.2. The van der Waals surface area contributed by atoms with Crippen LogP contribution in [0.4, 0.5) is 0 Å². The van der Waals surface area contributed by atoms with Crippen LogP contribution in [-0.4, -0.2) is 27.9 Å². The van der Waals surface area contributed by atoms with Gasteiger partial charge in [-0.2, -0.15) is 0 Å².